The van der Waals surface area contributed by atoms with Crippen LogP contribution in [0.15, 0.2) is 0 Å². The van der Waals surface area contributed by atoms with E-state index in [1.807, 2.05) is 14.1 Å². The molecule has 0 aromatic carbocycles. The molecule has 1 atom stereocenters. The Morgan fingerprint density at radius 2 is 1.94 bits per heavy atom. The summed E-state index contributed by atoms with van der Waals surface area (Å²) in [6, 6.07) is -0.827. The van der Waals surface area contributed by atoms with Crippen molar-refractivity contribution in [2.45, 2.75) is 25.3 Å². The van der Waals surface area contributed by atoms with Crippen LogP contribution in [0.1, 0.15) is 19.3 Å². The number of primary amides is 1. The van der Waals surface area contributed by atoms with E-state index in [1.54, 1.807) is 0 Å². The molecule has 16 heavy (non-hydrogen) atoms. The number of nitrogens with zero attached hydrogens (tertiary/aromatic N) is 1. The monoisotopic (exact) mass is 230 g/mol. The lowest BCUT2D eigenvalue weighted by Gasteiger charge is -2.11. The van der Waals surface area contributed by atoms with Crippen LogP contribution >= 0.6 is 0 Å². The van der Waals surface area contributed by atoms with Crippen molar-refractivity contribution in [3.8, 4) is 0 Å². The van der Waals surface area contributed by atoms with Crippen LogP contribution in [0.2, 0.25) is 0 Å². The van der Waals surface area contributed by atoms with Gasteiger partial charge in [-0.15, -0.1) is 0 Å². The van der Waals surface area contributed by atoms with E-state index in [9.17, 15) is 9.59 Å². The molecule has 0 saturated carbocycles. The fourth-order valence-corrected chi connectivity index (χ4v) is 1.21. The standard InChI is InChI=1S/C10H22N4O2/c1-14(2)6-4-3-5-13-10(16)8(11)7-9(12)15/h8H,3-7,11H2,1-2H3,(H2,12,15)(H,13,16). The van der Waals surface area contributed by atoms with Crippen LogP contribution < -0.4 is 16.8 Å². The molecule has 5 N–H and O–H groups in total. The first-order valence-corrected chi connectivity index (χ1v) is 5.39. The van der Waals surface area contributed by atoms with Crippen LogP contribution in [-0.4, -0.2) is 49.9 Å². The number of nitrogens with two attached hydrogens (primary N) is 2. The van der Waals surface area contributed by atoms with Crippen molar-refractivity contribution < 1.29 is 9.59 Å². The molecule has 0 bridgehead atoms. The second-order valence-electron chi connectivity index (χ2n) is 4.08. The average Bonchev–Trinajstić information content (AvgIpc) is 2.15. The molecule has 6 nitrogen and oxygen atoms in total. The summed E-state index contributed by atoms with van der Waals surface area (Å²) in [6.07, 6.45) is 1.80. The Labute approximate surface area is 96.3 Å². The van der Waals surface area contributed by atoms with Gasteiger partial charge in [-0.1, -0.05) is 0 Å². The van der Waals surface area contributed by atoms with Crippen molar-refractivity contribution in [3.05, 3.63) is 0 Å². The summed E-state index contributed by atoms with van der Waals surface area (Å²) in [5.41, 5.74) is 10.4. The number of nitrogens with one attached hydrogen (secondary N) is 1. The van der Waals surface area contributed by atoms with Gasteiger partial charge in [-0.3, -0.25) is 9.59 Å². The van der Waals surface area contributed by atoms with Crippen LogP contribution in [0.3, 0.4) is 0 Å². The van der Waals surface area contributed by atoms with E-state index in [0.717, 1.165) is 19.4 Å². The number of amides is 2. The minimum atomic E-state index is -0.827. The van der Waals surface area contributed by atoms with Gasteiger partial charge in [0.05, 0.1) is 12.5 Å². The fourth-order valence-electron chi connectivity index (χ4n) is 1.21. The summed E-state index contributed by atoms with van der Waals surface area (Å²) in [5, 5.41) is 2.67. The van der Waals surface area contributed by atoms with Crippen LogP contribution in [0.25, 0.3) is 0 Å². The smallest absolute Gasteiger partial charge is 0.237 e. The van der Waals surface area contributed by atoms with Crippen molar-refractivity contribution in [3.63, 3.8) is 0 Å². The number of unbranched alkanes of at least 4 members (excludes halogenated alkanes) is 1. The first kappa shape index (κ1) is 14.9. The lowest BCUT2D eigenvalue weighted by atomic mass is 10.2. The van der Waals surface area contributed by atoms with Crippen molar-refractivity contribution in [1.82, 2.24) is 10.2 Å². The van der Waals surface area contributed by atoms with Gasteiger partial charge in [0.15, 0.2) is 0 Å². The van der Waals surface area contributed by atoms with E-state index in [2.05, 4.69) is 10.2 Å². The quantitative estimate of drug-likeness (QED) is 0.448. The summed E-state index contributed by atoms with van der Waals surface area (Å²) < 4.78 is 0. The molecule has 0 aromatic rings. The van der Waals surface area contributed by atoms with Gasteiger partial charge in [0, 0.05) is 6.54 Å². The van der Waals surface area contributed by atoms with Crippen LogP contribution in [0, 0.1) is 0 Å². The van der Waals surface area contributed by atoms with E-state index in [4.69, 9.17) is 11.5 Å². The lowest BCUT2D eigenvalue weighted by Crippen LogP contribution is -2.43. The van der Waals surface area contributed by atoms with Gasteiger partial charge in [-0.05, 0) is 33.5 Å². The van der Waals surface area contributed by atoms with E-state index in [1.165, 1.54) is 0 Å². The number of carbonyl (C=O) groups is 2. The first-order valence-electron chi connectivity index (χ1n) is 5.39. The number of hydrogen-bond donors (Lipinski definition) is 3. The fraction of sp³-hybridized carbons (Fsp3) is 0.800. The predicted octanol–water partition coefficient (Wildman–Crippen LogP) is -1.35. The molecule has 94 valence electrons. The summed E-state index contributed by atoms with van der Waals surface area (Å²) in [7, 11) is 4.00. The lowest BCUT2D eigenvalue weighted by molar-refractivity contribution is -0.126. The maximum absolute atomic E-state index is 11.3. The minimum Gasteiger partial charge on any atom is -0.370 e. The molecule has 1 unspecified atom stereocenters. The molecule has 0 aliphatic rings. The number of carbonyl (C=O) groups excluding carboxylic acids is 2. The molecule has 0 rings (SSSR count). The number of rotatable bonds is 8. The van der Waals surface area contributed by atoms with E-state index in [-0.39, 0.29) is 12.3 Å². The minimum absolute atomic E-state index is 0.108. The van der Waals surface area contributed by atoms with Gasteiger partial charge in [0.25, 0.3) is 0 Å². The van der Waals surface area contributed by atoms with Crippen molar-refractivity contribution >= 4 is 11.8 Å². The first-order chi connectivity index (χ1) is 7.43. The van der Waals surface area contributed by atoms with Gasteiger partial charge in [0.1, 0.15) is 0 Å². The molecule has 0 aliphatic carbocycles. The predicted molar refractivity (Wildman–Crippen MR) is 62.6 cm³/mol. The Bertz CT molecular complexity index is 231. The maximum Gasteiger partial charge on any atom is 0.237 e. The Hall–Kier alpha value is -1.14. The molecule has 0 saturated heterocycles. The summed E-state index contributed by atoms with van der Waals surface area (Å²) >= 11 is 0. The van der Waals surface area contributed by atoms with Gasteiger partial charge in [0.2, 0.25) is 11.8 Å². The zero-order valence-electron chi connectivity index (χ0n) is 10.0. The van der Waals surface area contributed by atoms with E-state index >= 15 is 0 Å². The highest BCUT2D eigenvalue weighted by atomic mass is 16.2. The van der Waals surface area contributed by atoms with E-state index < -0.39 is 11.9 Å². The van der Waals surface area contributed by atoms with Gasteiger partial charge in [-0.2, -0.15) is 0 Å². The SMILES string of the molecule is CN(C)CCCCNC(=O)C(N)CC(N)=O. The second kappa shape index (κ2) is 8.06. The molecule has 0 spiro atoms. The molecule has 0 fully saturated rings. The normalized spacial score (nSPS) is 12.5. The number of hydrogen-bond acceptors (Lipinski definition) is 4. The largest absolute Gasteiger partial charge is 0.370 e. The molecule has 0 heterocycles. The Kier molecular flexibility index (Phi) is 7.49. The zero-order chi connectivity index (χ0) is 12.6. The molecule has 2 amide bonds. The third kappa shape index (κ3) is 8.19. The Balaban J connectivity index is 3.53. The average molecular weight is 230 g/mol. The second-order valence-corrected chi connectivity index (χ2v) is 4.08. The Morgan fingerprint density at radius 1 is 1.31 bits per heavy atom. The summed E-state index contributed by atoms with van der Waals surface area (Å²) in [6.45, 7) is 1.57. The third-order valence-corrected chi connectivity index (χ3v) is 2.09. The third-order valence-electron chi connectivity index (χ3n) is 2.09. The molecule has 0 radical (unpaired) electrons. The molecular formula is C10H22N4O2. The van der Waals surface area contributed by atoms with Crippen LogP contribution in [0.5, 0.6) is 0 Å². The molecule has 0 aromatic heterocycles. The molecule has 0 aliphatic heterocycles. The maximum atomic E-state index is 11.3. The van der Waals surface area contributed by atoms with Gasteiger partial charge in [-0.25, -0.2) is 0 Å². The van der Waals surface area contributed by atoms with Gasteiger partial charge >= 0.3 is 0 Å². The summed E-state index contributed by atoms with van der Waals surface area (Å²) in [4.78, 5) is 23.9. The van der Waals surface area contributed by atoms with Crippen LogP contribution in [0.4, 0.5) is 0 Å². The van der Waals surface area contributed by atoms with Crippen molar-refractivity contribution in [1.29, 1.82) is 0 Å². The highest BCUT2D eigenvalue weighted by Gasteiger charge is 2.14. The van der Waals surface area contributed by atoms with Crippen molar-refractivity contribution in [2.24, 2.45) is 11.5 Å². The molecular weight excluding hydrogens is 208 g/mol. The van der Waals surface area contributed by atoms with Gasteiger partial charge < -0.3 is 21.7 Å². The van der Waals surface area contributed by atoms with Crippen LogP contribution in [-0.2, 0) is 9.59 Å². The zero-order valence-corrected chi connectivity index (χ0v) is 10.0. The summed E-state index contributed by atoms with van der Waals surface area (Å²) in [5.74, 6) is -0.876. The molecule has 6 heteroatoms. The van der Waals surface area contributed by atoms with Crippen molar-refractivity contribution in [2.75, 3.05) is 27.2 Å². The highest BCUT2D eigenvalue weighted by Crippen LogP contribution is 1.91. The highest BCUT2D eigenvalue weighted by molar-refractivity contribution is 5.87. The van der Waals surface area contributed by atoms with E-state index in [0.29, 0.717) is 6.54 Å². The Morgan fingerprint density at radius 3 is 2.44 bits per heavy atom. The topological polar surface area (TPSA) is 101 Å².